The maximum Gasteiger partial charge on any atom is 0.417 e. The quantitative estimate of drug-likeness (QED) is 0.569. The second kappa shape index (κ2) is 7.00. The Morgan fingerprint density at radius 2 is 2.08 bits per heavy atom. The largest absolute Gasteiger partial charge is 0.417 e. The Hall–Kier alpha value is -1.93. The Bertz CT molecular complexity index is 940. The third-order valence-corrected chi connectivity index (χ3v) is 5.53. The highest BCUT2D eigenvalue weighted by atomic mass is 35.5. The molecule has 0 fully saturated rings. The zero-order valence-electron chi connectivity index (χ0n) is 13.2. The summed E-state index contributed by atoms with van der Waals surface area (Å²) in [5, 5.41) is -0.0119. The summed E-state index contributed by atoms with van der Waals surface area (Å²) < 4.78 is 52.6. The maximum atomic E-state index is 13.7. The van der Waals surface area contributed by atoms with Crippen LogP contribution in [0.5, 0.6) is 0 Å². The SMILES string of the molecule is Nc1c2c(c(SCc3cccc(C(F)(F)F)c3Cl)[nH]c1=O)CC(F)C=C2. The predicted octanol–water partition coefficient (Wildman–Crippen LogP) is 4.83. The van der Waals surface area contributed by atoms with Gasteiger partial charge in [-0.2, -0.15) is 13.2 Å². The number of rotatable bonds is 3. The lowest BCUT2D eigenvalue weighted by Gasteiger charge is -2.19. The summed E-state index contributed by atoms with van der Waals surface area (Å²) in [5.41, 5.74) is 5.53. The summed E-state index contributed by atoms with van der Waals surface area (Å²) >= 11 is 6.97. The first kappa shape index (κ1) is 18.8. The van der Waals surface area contributed by atoms with Crippen LogP contribution in [-0.4, -0.2) is 11.2 Å². The van der Waals surface area contributed by atoms with Crippen molar-refractivity contribution in [2.24, 2.45) is 0 Å². The molecule has 3 nitrogen and oxygen atoms in total. The number of aromatic nitrogens is 1. The molecule has 0 saturated heterocycles. The van der Waals surface area contributed by atoms with E-state index in [1.807, 2.05) is 0 Å². The van der Waals surface area contributed by atoms with Gasteiger partial charge in [-0.15, -0.1) is 11.8 Å². The average Bonchev–Trinajstić information content (AvgIpc) is 2.56. The van der Waals surface area contributed by atoms with Gasteiger partial charge in [-0.05, 0) is 23.3 Å². The second-order valence-corrected chi connectivity index (χ2v) is 7.10. The van der Waals surface area contributed by atoms with E-state index in [1.165, 1.54) is 24.3 Å². The van der Waals surface area contributed by atoms with Gasteiger partial charge in [0, 0.05) is 17.7 Å². The molecule has 26 heavy (non-hydrogen) atoms. The number of H-pyrrole nitrogens is 1. The molecule has 2 aromatic rings. The number of hydrogen-bond donors (Lipinski definition) is 2. The third-order valence-electron chi connectivity index (χ3n) is 3.99. The molecular formula is C17H13ClF4N2OS. The molecule has 0 radical (unpaired) electrons. The molecule has 0 aliphatic heterocycles. The van der Waals surface area contributed by atoms with Gasteiger partial charge in [0.25, 0.3) is 5.56 Å². The third kappa shape index (κ3) is 3.61. The van der Waals surface area contributed by atoms with Crippen LogP contribution in [0.4, 0.5) is 23.2 Å². The number of benzene rings is 1. The number of anilines is 1. The van der Waals surface area contributed by atoms with Crippen molar-refractivity contribution in [2.75, 3.05) is 5.73 Å². The number of nitrogens with two attached hydrogens (primary N) is 1. The highest BCUT2D eigenvalue weighted by Gasteiger charge is 2.33. The van der Waals surface area contributed by atoms with Crippen LogP contribution in [0.3, 0.4) is 0 Å². The highest BCUT2D eigenvalue weighted by molar-refractivity contribution is 7.98. The lowest BCUT2D eigenvalue weighted by atomic mass is 9.97. The lowest BCUT2D eigenvalue weighted by Crippen LogP contribution is -2.20. The fourth-order valence-corrected chi connectivity index (χ4v) is 4.15. The number of aromatic amines is 1. The zero-order valence-corrected chi connectivity index (χ0v) is 14.7. The van der Waals surface area contributed by atoms with Gasteiger partial charge in [0.2, 0.25) is 0 Å². The van der Waals surface area contributed by atoms with E-state index in [-0.39, 0.29) is 28.4 Å². The van der Waals surface area contributed by atoms with Crippen molar-refractivity contribution in [1.29, 1.82) is 0 Å². The fraction of sp³-hybridized carbons (Fsp3) is 0.235. The van der Waals surface area contributed by atoms with Crippen molar-refractivity contribution >= 4 is 35.1 Å². The van der Waals surface area contributed by atoms with Gasteiger partial charge in [-0.1, -0.05) is 29.8 Å². The van der Waals surface area contributed by atoms with E-state index in [4.69, 9.17) is 17.3 Å². The molecule has 0 bridgehead atoms. The molecule has 1 aliphatic carbocycles. The average molecular weight is 405 g/mol. The summed E-state index contributed by atoms with van der Waals surface area (Å²) in [6.07, 6.45) is -2.97. The molecular weight excluding hydrogens is 392 g/mol. The van der Waals surface area contributed by atoms with Crippen molar-refractivity contribution in [3.8, 4) is 0 Å². The summed E-state index contributed by atoms with van der Waals surface area (Å²) in [6.45, 7) is 0. The minimum absolute atomic E-state index is 0.00963. The van der Waals surface area contributed by atoms with E-state index >= 15 is 0 Å². The van der Waals surface area contributed by atoms with Crippen LogP contribution in [0.15, 0.2) is 34.1 Å². The molecule has 3 N–H and O–H groups in total. The van der Waals surface area contributed by atoms with Crippen LogP contribution in [0.1, 0.15) is 22.3 Å². The molecule has 3 rings (SSSR count). The number of nitrogens with one attached hydrogen (secondary N) is 1. The van der Waals surface area contributed by atoms with Gasteiger partial charge in [-0.25, -0.2) is 4.39 Å². The van der Waals surface area contributed by atoms with E-state index in [1.54, 1.807) is 0 Å². The van der Waals surface area contributed by atoms with Crippen molar-refractivity contribution in [3.05, 3.63) is 61.9 Å². The number of allylic oxidation sites excluding steroid dienone is 1. The number of pyridine rings is 1. The molecule has 1 aromatic carbocycles. The molecule has 9 heteroatoms. The number of thioether (sulfide) groups is 1. The normalized spacial score (nSPS) is 16.6. The van der Waals surface area contributed by atoms with E-state index in [0.29, 0.717) is 16.2 Å². The minimum atomic E-state index is -4.56. The number of alkyl halides is 4. The fourth-order valence-electron chi connectivity index (χ4n) is 2.69. The van der Waals surface area contributed by atoms with Gasteiger partial charge >= 0.3 is 6.18 Å². The highest BCUT2D eigenvalue weighted by Crippen LogP contribution is 2.39. The molecule has 1 heterocycles. The van der Waals surface area contributed by atoms with Crippen molar-refractivity contribution in [3.63, 3.8) is 0 Å². The van der Waals surface area contributed by atoms with Gasteiger partial charge in [0.1, 0.15) is 11.9 Å². The van der Waals surface area contributed by atoms with E-state index in [0.717, 1.165) is 17.8 Å². The Kier molecular flexibility index (Phi) is 5.07. The van der Waals surface area contributed by atoms with Crippen LogP contribution in [-0.2, 0) is 18.3 Å². The van der Waals surface area contributed by atoms with Gasteiger partial charge in [-0.3, -0.25) is 4.79 Å². The number of hydrogen-bond acceptors (Lipinski definition) is 3. The Morgan fingerprint density at radius 3 is 2.77 bits per heavy atom. The van der Waals surface area contributed by atoms with E-state index in [2.05, 4.69) is 4.98 Å². The van der Waals surface area contributed by atoms with Crippen LogP contribution < -0.4 is 11.3 Å². The Balaban J connectivity index is 1.94. The van der Waals surface area contributed by atoms with Gasteiger partial charge in [0.05, 0.1) is 15.6 Å². The van der Waals surface area contributed by atoms with Gasteiger partial charge < -0.3 is 10.7 Å². The first-order valence-corrected chi connectivity index (χ1v) is 8.89. The first-order valence-electron chi connectivity index (χ1n) is 7.52. The molecule has 0 saturated carbocycles. The van der Waals surface area contributed by atoms with Gasteiger partial charge in [0.15, 0.2) is 0 Å². The van der Waals surface area contributed by atoms with Crippen LogP contribution in [0.25, 0.3) is 6.08 Å². The van der Waals surface area contributed by atoms with Crippen LogP contribution >= 0.6 is 23.4 Å². The second-order valence-electron chi connectivity index (χ2n) is 5.73. The van der Waals surface area contributed by atoms with Crippen LogP contribution in [0.2, 0.25) is 5.02 Å². The summed E-state index contributed by atoms with van der Waals surface area (Å²) in [7, 11) is 0. The summed E-state index contributed by atoms with van der Waals surface area (Å²) in [5.74, 6) is 0.0791. The van der Waals surface area contributed by atoms with Crippen molar-refractivity contribution < 1.29 is 17.6 Å². The van der Waals surface area contributed by atoms with E-state index in [9.17, 15) is 22.4 Å². The smallest absolute Gasteiger partial charge is 0.394 e. The Morgan fingerprint density at radius 1 is 1.35 bits per heavy atom. The molecule has 1 unspecified atom stereocenters. The minimum Gasteiger partial charge on any atom is -0.394 e. The summed E-state index contributed by atoms with van der Waals surface area (Å²) in [6, 6.07) is 3.65. The lowest BCUT2D eigenvalue weighted by molar-refractivity contribution is -0.137. The monoisotopic (exact) mass is 404 g/mol. The maximum absolute atomic E-state index is 13.7. The molecule has 0 amide bonds. The molecule has 1 atom stereocenters. The summed E-state index contributed by atoms with van der Waals surface area (Å²) in [4.78, 5) is 14.5. The first-order chi connectivity index (χ1) is 12.2. The van der Waals surface area contributed by atoms with Crippen molar-refractivity contribution in [2.45, 2.75) is 29.5 Å². The number of nitrogen functional groups attached to an aromatic ring is 1. The van der Waals surface area contributed by atoms with Crippen LogP contribution in [0, 0.1) is 0 Å². The number of halogens is 5. The molecule has 1 aromatic heterocycles. The molecule has 138 valence electrons. The van der Waals surface area contributed by atoms with E-state index < -0.39 is 23.5 Å². The zero-order chi connectivity index (χ0) is 19.1. The Labute approximate surface area is 155 Å². The molecule has 0 spiro atoms. The topological polar surface area (TPSA) is 58.9 Å². The van der Waals surface area contributed by atoms with Crippen molar-refractivity contribution in [1.82, 2.24) is 4.98 Å². The predicted molar refractivity (Wildman–Crippen MR) is 95.1 cm³/mol. The number of fused-ring (bicyclic) bond motifs is 1. The standard InChI is InChI=1S/C17H13ClF4N2OS/c18-13-8(2-1-3-12(13)17(20,21)22)7-26-16-11-6-9(19)4-5-10(11)14(23)15(25)24-16/h1-5,9H,6-7,23H2,(H,24,25). The molecule has 1 aliphatic rings.